The first-order chi connectivity index (χ1) is 8.70. The maximum absolute atomic E-state index is 4.44. The van der Waals surface area contributed by atoms with Gasteiger partial charge in [-0.2, -0.15) is 9.90 Å². The Kier molecular flexibility index (Phi) is 3.89. The number of rotatable bonds is 4. The minimum atomic E-state index is 0.340. The molecule has 2 aromatic rings. The fourth-order valence-corrected chi connectivity index (χ4v) is 1.61. The molecule has 0 amide bonds. The van der Waals surface area contributed by atoms with Crippen LogP contribution in [0, 0.1) is 0 Å². The summed E-state index contributed by atoms with van der Waals surface area (Å²) < 4.78 is 0. The van der Waals surface area contributed by atoms with Crippen molar-refractivity contribution in [2.24, 2.45) is 0 Å². The van der Waals surface area contributed by atoms with Gasteiger partial charge in [-0.15, -0.1) is 5.10 Å². The first kappa shape index (κ1) is 12.5. The molecular weight excluding hydrogens is 224 g/mol. The van der Waals surface area contributed by atoms with E-state index in [-0.39, 0.29) is 0 Å². The van der Waals surface area contributed by atoms with E-state index in [0.717, 1.165) is 11.4 Å². The number of hydrogen-bond donors (Lipinski definition) is 1. The summed E-state index contributed by atoms with van der Waals surface area (Å²) in [6, 6.07) is 10.2. The zero-order valence-electron chi connectivity index (χ0n) is 11.0. The predicted molar refractivity (Wildman–Crippen MR) is 73.5 cm³/mol. The first-order valence-electron chi connectivity index (χ1n) is 6.04. The molecule has 0 aliphatic carbocycles. The molecule has 1 unspecified atom stereocenters. The summed E-state index contributed by atoms with van der Waals surface area (Å²) >= 11 is 0. The highest BCUT2D eigenvalue weighted by atomic mass is 15.5. The Morgan fingerprint density at radius 2 is 2.06 bits per heavy atom. The van der Waals surface area contributed by atoms with Gasteiger partial charge in [0.1, 0.15) is 5.69 Å². The van der Waals surface area contributed by atoms with Gasteiger partial charge in [-0.05, 0) is 39.1 Å². The third-order valence-corrected chi connectivity index (χ3v) is 2.99. The molecule has 4 heteroatoms. The molecule has 94 valence electrons. The van der Waals surface area contributed by atoms with Crippen LogP contribution in [0.4, 0.5) is 0 Å². The minimum Gasteiger partial charge on any atom is -0.314 e. The Labute approximate surface area is 107 Å². The molecule has 0 fully saturated rings. The highest BCUT2D eigenvalue weighted by Crippen LogP contribution is 2.09. The molecule has 1 heterocycles. The van der Waals surface area contributed by atoms with Crippen molar-refractivity contribution >= 4 is 6.08 Å². The summed E-state index contributed by atoms with van der Waals surface area (Å²) in [6.45, 7) is 4.20. The number of nitrogens with zero attached hydrogens (tertiary/aromatic N) is 3. The SMILES string of the molecule is CNC(C)/C(C)=C/c1cnn(-c2ccccc2)n1. The highest BCUT2D eigenvalue weighted by Gasteiger charge is 2.03. The minimum absolute atomic E-state index is 0.340. The Bertz CT molecular complexity index is 528. The number of benzene rings is 1. The van der Waals surface area contributed by atoms with E-state index in [4.69, 9.17) is 0 Å². The van der Waals surface area contributed by atoms with Crippen molar-refractivity contribution < 1.29 is 0 Å². The highest BCUT2D eigenvalue weighted by molar-refractivity contribution is 5.48. The molecule has 1 aromatic heterocycles. The molecule has 0 saturated heterocycles. The summed E-state index contributed by atoms with van der Waals surface area (Å²) in [5.41, 5.74) is 3.08. The lowest BCUT2D eigenvalue weighted by atomic mass is 10.1. The zero-order chi connectivity index (χ0) is 13.0. The van der Waals surface area contributed by atoms with Gasteiger partial charge >= 0.3 is 0 Å². The molecule has 0 radical (unpaired) electrons. The Hall–Kier alpha value is -1.94. The van der Waals surface area contributed by atoms with E-state index in [2.05, 4.69) is 29.4 Å². The van der Waals surface area contributed by atoms with Crippen molar-refractivity contribution in [3.8, 4) is 5.69 Å². The number of para-hydroxylation sites is 1. The largest absolute Gasteiger partial charge is 0.314 e. The smallest absolute Gasteiger partial charge is 0.106 e. The van der Waals surface area contributed by atoms with Gasteiger partial charge in [-0.25, -0.2) is 0 Å². The Morgan fingerprint density at radius 3 is 2.72 bits per heavy atom. The van der Waals surface area contributed by atoms with Gasteiger partial charge < -0.3 is 5.32 Å². The normalized spacial score (nSPS) is 13.6. The van der Waals surface area contributed by atoms with Crippen LogP contribution < -0.4 is 5.32 Å². The van der Waals surface area contributed by atoms with Gasteiger partial charge in [0, 0.05) is 6.04 Å². The van der Waals surface area contributed by atoms with Crippen LogP contribution >= 0.6 is 0 Å². The monoisotopic (exact) mass is 242 g/mol. The first-order valence-corrected chi connectivity index (χ1v) is 6.04. The average molecular weight is 242 g/mol. The van der Waals surface area contributed by atoms with Crippen LogP contribution in [-0.4, -0.2) is 28.1 Å². The van der Waals surface area contributed by atoms with Crippen molar-refractivity contribution in [2.75, 3.05) is 7.05 Å². The standard InChI is InChI=1S/C14H18N4/c1-11(12(2)15-3)9-13-10-16-18(17-13)14-7-5-4-6-8-14/h4-10,12,15H,1-3H3/b11-9+. The van der Waals surface area contributed by atoms with Crippen LogP contribution in [0.3, 0.4) is 0 Å². The molecule has 2 rings (SSSR count). The molecule has 1 N–H and O–H groups in total. The molecule has 0 bridgehead atoms. The number of likely N-dealkylation sites (N-methyl/N-ethyl adjacent to an activating group) is 1. The third-order valence-electron chi connectivity index (χ3n) is 2.99. The lowest BCUT2D eigenvalue weighted by Crippen LogP contribution is -2.21. The fourth-order valence-electron chi connectivity index (χ4n) is 1.61. The average Bonchev–Trinajstić information content (AvgIpc) is 2.87. The van der Waals surface area contributed by atoms with E-state index in [9.17, 15) is 0 Å². The van der Waals surface area contributed by atoms with E-state index in [1.165, 1.54) is 5.57 Å². The lowest BCUT2D eigenvalue weighted by Gasteiger charge is -2.09. The fraction of sp³-hybridized carbons (Fsp3) is 0.286. The molecule has 0 aliphatic rings. The van der Waals surface area contributed by atoms with Crippen molar-refractivity contribution in [3.05, 3.63) is 47.8 Å². The van der Waals surface area contributed by atoms with Crippen LogP contribution in [0.25, 0.3) is 11.8 Å². The van der Waals surface area contributed by atoms with Crippen LogP contribution in [0.15, 0.2) is 42.1 Å². The zero-order valence-corrected chi connectivity index (χ0v) is 11.0. The van der Waals surface area contributed by atoms with E-state index >= 15 is 0 Å². The molecule has 4 nitrogen and oxygen atoms in total. The quantitative estimate of drug-likeness (QED) is 0.894. The van der Waals surface area contributed by atoms with Gasteiger partial charge in [-0.1, -0.05) is 23.8 Å². The second-order valence-corrected chi connectivity index (χ2v) is 4.29. The van der Waals surface area contributed by atoms with Crippen molar-refractivity contribution in [1.29, 1.82) is 0 Å². The maximum Gasteiger partial charge on any atom is 0.106 e. The summed E-state index contributed by atoms with van der Waals surface area (Å²) in [4.78, 5) is 1.64. The second kappa shape index (κ2) is 5.60. The second-order valence-electron chi connectivity index (χ2n) is 4.29. The molecule has 1 aromatic carbocycles. The lowest BCUT2D eigenvalue weighted by molar-refractivity contribution is 0.695. The van der Waals surface area contributed by atoms with Gasteiger partial charge in [0.15, 0.2) is 0 Å². The summed E-state index contributed by atoms with van der Waals surface area (Å²) in [5, 5.41) is 11.9. The van der Waals surface area contributed by atoms with Crippen LogP contribution in [0.2, 0.25) is 0 Å². The maximum atomic E-state index is 4.44. The van der Waals surface area contributed by atoms with Gasteiger partial charge in [0.2, 0.25) is 0 Å². The van der Waals surface area contributed by atoms with Crippen molar-refractivity contribution in [2.45, 2.75) is 19.9 Å². The molecule has 1 atom stereocenters. The number of hydrogen-bond acceptors (Lipinski definition) is 3. The van der Waals surface area contributed by atoms with Crippen LogP contribution in [0.5, 0.6) is 0 Å². The molecule has 0 saturated carbocycles. The third kappa shape index (κ3) is 2.84. The predicted octanol–water partition coefficient (Wildman–Crippen LogP) is 2.28. The summed E-state index contributed by atoms with van der Waals surface area (Å²) in [5.74, 6) is 0. The number of nitrogens with one attached hydrogen (secondary N) is 1. The van der Waals surface area contributed by atoms with E-state index in [1.54, 1.807) is 11.0 Å². The van der Waals surface area contributed by atoms with Crippen molar-refractivity contribution in [3.63, 3.8) is 0 Å². The summed E-state index contributed by atoms with van der Waals surface area (Å²) in [6.07, 6.45) is 3.83. The van der Waals surface area contributed by atoms with Crippen LogP contribution in [-0.2, 0) is 0 Å². The van der Waals surface area contributed by atoms with Crippen LogP contribution in [0.1, 0.15) is 19.5 Å². The summed E-state index contributed by atoms with van der Waals surface area (Å²) in [7, 11) is 1.95. The van der Waals surface area contributed by atoms with E-state index < -0.39 is 0 Å². The molecular formula is C14H18N4. The van der Waals surface area contributed by atoms with Crippen molar-refractivity contribution in [1.82, 2.24) is 20.3 Å². The van der Waals surface area contributed by atoms with E-state index in [1.807, 2.05) is 43.5 Å². The Balaban J connectivity index is 2.21. The van der Waals surface area contributed by atoms with Gasteiger partial charge in [0.05, 0.1) is 11.9 Å². The molecule has 18 heavy (non-hydrogen) atoms. The van der Waals surface area contributed by atoms with Gasteiger partial charge in [-0.3, -0.25) is 0 Å². The Morgan fingerprint density at radius 1 is 1.33 bits per heavy atom. The molecule has 0 aliphatic heterocycles. The van der Waals surface area contributed by atoms with Gasteiger partial charge in [0.25, 0.3) is 0 Å². The topological polar surface area (TPSA) is 42.7 Å². The van der Waals surface area contributed by atoms with E-state index in [0.29, 0.717) is 6.04 Å². The molecule has 0 spiro atoms. The number of aromatic nitrogens is 3.